The molecule has 0 aliphatic rings. The smallest absolute Gasteiger partial charge is 0.265 e. The molecule has 0 heterocycles. The van der Waals surface area contributed by atoms with Crippen molar-refractivity contribution in [1.29, 1.82) is 0 Å². The third-order valence-corrected chi connectivity index (χ3v) is 4.16. The van der Waals surface area contributed by atoms with Gasteiger partial charge in [0.2, 0.25) is 0 Å². The highest BCUT2D eigenvalue weighted by atomic mass is 32.2. The highest BCUT2D eigenvalue weighted by Crippen LogP contribution is 2.28. The van der Waals surface area contributed by atoms with Gasteiger partial charge in [0.05, 0.1) is 0 Å². The van der Waals surface area contributed by atoms with E-state index in [4.69, 9.17) is 11.6 Å². The van der Waals surface area contributed by atoms with Crippen molar-refractivity contribution in [3.8, 4) is 0 Å². The molecule has 0 aliphatic heterocycles. The van der Waals surface area contributed by atoms with E-state index in [2.05, 4.69) is 12.3 Å². The molecule has 0 aromatic heterocycles. The minimum absolute atomic E-state index is 0.281. The van der Waals surface area contributed by atoms with E-state index in [0.717, 1.165) is 21.9 Å². The van der Waals surface area contributed by atoms with Crippen LogP contribution in [0.4, 0.5) is 5.69 Å². The van der Waals surface area contributed by atoms with Crippen LogP contribution < -0.4 is 17.0 Å². The van der Waals surface area contributed by atoms with Crippen molar-refractivity contribution in [2.45, 2.75) is 17.6 Å². The molecule has 20 heavy (non-hydrogen) atoms. The van der Waals surface area contributed by atoms with Gasteiger partial charge in [-0.1, -0.05) is 18.2 Å². The van der Waals surface area contributed by atoms with E-state index in [1.165, 1.54) is 5.56 Å². The first kappa shape index (κ1) is 14.4. The first-order valence-corrected chi connectivity index (χ1v) is 7.17. The molecule has 5 N–H and O–H groups in total. The van der Waals surface area contributed by atoms with Gasteiger partial charge in [-0.2, -0.15) is 0 Å². The summed E-state index contributed by atoms with van der Waals surface area (Å²) in [7, 11) is 0. The first-order valence-electron chi connectivity index (χ1n) is 6.19. The van der Waals surface area contributed by atoms with E-state index >= 15 is 0 Å². The Kier molecular flexibility index (Phi) is 4.65. The van der Waals surface area contributed by atoms with Gasteiger partial charge in [0, 0.05) is 21.9 Å². The number of hydrogen-bond donors (Lipinski definition) is 3. The van der Waals surface area contributed by atoms with Crippen molar-refractivity contribution in [3.63, 3.8) is 0 Å². The summed E-state index contributed by atoms with van der Waals surface area (Å²) in [6.45, 7) is 2.06. The van der Waals surface area contributed by atoms with Crippen LogP contribution in [0.3, 0.4) is 0 Å². The number of benzene rings is 2. The average molecular weight is 287 g/mol. The Hall–Kier alpha value is -1.98. The van der Waals surface area contributed by atoms with Crippen LogP contribution in [0.25, 0.3) is 0 Å². The van der Waals surface area contributed by atoms with Gasteiger partial charge in [0.1, 0.15) is 0 Å². The Morgan fingerprint density at radius 2 is 2.05 bits per heavy atom. The molecule has 4 nitrogen and oxygen atoms in total. The van der Waals surface area contributed by atoms with E-state index in [1.807, 2.05) is 36.4 Å². The van der Waals surface area contributed by atoms with Crippen LogP contribution in [0.2, 0.25) is 0 Å². The second-order valence-electron chi connectivity index (χ2n) is 4.49. The van der Waals surface area contributed by atoms with Gasteiger partial charge in [-0.05, 0) is 42.3 Å². The number of thioether (sulfide) groups is 1. The fourth-order valence-electron chi connectivity index (χ4n) is 1.82. The van der Waals surface area contributed by atoms with Crippen LogP contribution in [-0.4, -0.2) is 5.91 Å². The predicted molar refractivity (Wildman–Crippen MR) is 83.2 cm³/mol. The lowest BCUT2D eigenvalue weighted by atomic mass is 10.1. The lowest BCUT2D eigenvalue weighted by molar-refractivity contribution is 0.0953. The monoisotopic (exact) mass is 287 g/mol. The molecule has 2 aromatic carbocycles. The highest BCUT2D eigenvalue weighted by Gasteiger charge is 2.05. The first-order chi connectivity index (χ1) is 9.60. The second kappa shape index (κ2) is 6.45. The molecule has 0 fully saturated rings. The molecule has 0 bridgehead atoms. The standard InChI is InChI=1S/C15H17N3OS/c1-10-5-6-13(16)8-14(10)20-9-11-3-2-4-12(7-11)15(19)18-17/h2-8H,9,16-17H2,1H3,(H,18,19). The molecular formula is C15H17N3OS. The zero-order chi connectivity index (χ0) is 14.5. The van der Waals surface area contributed by atoms with Gasteiger partial charge in [-0.3, -0.25) is 10.2 Å². The summed E-state index contributed by atoms with van der Waals surface area (Å²) in [5.41, 5.74) is 11.5. The van der Waals surface area contributed by atoms with Crippen molar-refractivity contribution >= 4 is 23.4 Å². The third kappa shape index (κ3) is 3.53. The molecule has 0 spiro atoms. The zero-order valence-corrected chi connectivity index (χ0v) is 12.0. The average Bonchev–Trinajstić information content (AvgIpc) is 2.47. The largest absolute Gasteiger partial charge is 0.399 e. The Balaban J connectivity index is 2.11. The van der Waals surface area contributed by atoms with Crippen LogP contribution in [0, 0.1) is 6.92 Å². The molecule has 104 valence electrons. The fraction of sp³-hybridized carbons (Fsp3) is 0.133. The number of aryl methyl sites for hydroxylation is 1. The van der Waals surface area contributed by atoms with Crippen molar-refractivity contribution < 1.29 is 4.79 Å². The zero-order valence-electron chi connectivity index (χ0n) is 11.2. The Morgan fingerprint density at radius 1 is 1.25 bits per heavy atom. The maximum absolute atomic E-state index is 11.5. The minimum atomic E-state index is -0.281. The molecule has 0 saturated carbocycles. The van der Waals surface area contributed by atoms with Gasteiger partial charge >= 0.3 is 0 Å². The maximum atomic E-state index is 11.5. The van der Waals surface area contributed by atoms with Crippen LogP contribution in [0.15, 0.2) is 47.4 Å². The quantitative estimate of drug-likeness (QED) is 0.265. The third-order valence-electron chi connectivity index (χ3n) is 2.93. The van der Waals surface area contributed by atoms with Gasteiger partial charge in [0.15, 0.2) is 0 Å². The van der Waals surface area contributed by atoms with Crippen molar-refractivity contribution in [1.82, 2.24) is 5.43 Å². The Labute approximate surface area is 122 Å². The summed E-state index contributed by atoms with van der Waals surface area (Å²) in [6, 6.07) is 13.3. The second-order valence-corrected chi connectivity index (χ2v) is 5.50. The summed E-state index contributed by atoms with van der Waals surface area (Å²) < 4.78 is 0. The van der Waals surface area contributed by atoms with E-state index < -0.39 is 0 Å². The number of hydrogen-bond acceptors (Lipinski definition) is 4. The number of amides is 1. The normalized spacial score (nSPS) is 10.3. The number of carbonyl (C=O) groups excluding carboxylic acids is 1. The lowest BCUT2D eigenvalue weighted by Crippen LogP contribution is -2.29. The molecule has 1 amide bonds. The van der Waals surface area contributed by atoms with Crippen molar-refractivity contribution in [2.24, 2.45) is 5.84 Å². The number of nitrogens with one attached hydrogen (secondary N) is 1. The summed E-state index contributed by atoms with van der Waals surface area (Å²) in [4.78, 5) is 12.6. The Morgan fingerprint density at radius 3 is 2.80 bits per heavy atom. The van der Waals surface area contributed by atoms with Crippen molar-refractivity contribution in [2.75, 3.05) is 5.73 Å². The number of nitrogens with two attached hydrogens (primary N) is 2. The number of nitrogen functional groups attached to an aromatic ring is 2. The molecule has 2 rings (SSSR count). The SMILES string of the molecule is Cc1ccc(N)cc1SCc1cccc(C(=O)NN)c1. The summed E-state index contributed by atoms with van der Waals surface area (Å²) in [6.07, 6.45) is 0. The van der Waals surface area contributed by atoms with Gasteiger partial charge < -0.3 is 5.73 Å². The molecule has 0 radical (unpaired) electrons. The molecule has 0 unspecified atom stereocenters. The number of anilines is 1. The molecule has 0 atom stereocenters. The molecule has 0 aliphatic carbocycles. The van der Waals surface area contributed by atoms with Crippen molar-refractivity contribution in [3.05, 3.63) is 59.2 Å². The maximum Gasteiger partial charge on any atom is 0.265 e. The Bertz CT molecular complexity index is 628. The van der Waals surface area contributed by atoms with E-state index in [1.54, 1.807) is 17.8 Å². The van der Waals surface area contributed by atoms with E-state index in [0.29, 0.717) is 5.56 Å². The number of carbonyl (C=O) groups is 1. The van der Waals surface area contributed by atoms with Crippen LogP contribution in [-0.2, 0) is 5.75 Å². The van der Waals surface area contributed by atoms with Crippen LogP contribution in [0.5, 0.6) is 0 Å². The van der Waals surface area contributed by atoms with Crippen LogP contribution >= 0.6 is 11.8 Å². The lowest BCUT2D eigenvalue weighted by Gasteiger charge is -2.08. The van der Waals surface area contributed by atoms with Gasteiger partial charge in [-0.25, -0.2) is 5.84 Å². The fourth-order valence-corrected chi connectivity index (χ4v) is 2.84. The molecule has 5 heteroatoms. The minimum Gasteiger partial charge on any atom is -0.399 e. The summed E-state index contributed by atoms with van der Waals surface area (Å²) >= 11 is 1.70. The van der Waals surface area contributed by atoms with E-state index in [9.17, 15) is 4.79 Å². The number of rotatable bonds is 4. The highest BCUT2D eigenvalue weighted by molar-refractivity contribution is 7.98. The summed E-state index contributed by atoms with van der Waals surface area (Å²) in [5.74, 6) is 5.63. The van der Waals surface area contributed by atoms with Gasteiger partial charge in [0.25, 0.3) is 5.91 Å². The molecule has 2 aromatic rings. The van der Waals surface area contributed by atoms with E-state index in [-0.39, 0.29) is 5.91 Å². The molecular weight excluding hydrogens is 270 g/mol. The predicted octanol–water partition coefficient (Wildman–Crippen LogP) is 2.47. The van der Waals surface area contributed by atoms with Gasteiger partial charge in [-0.15, -0.1) is 11.8 Å². The summed E-state index contributed by atoms with van der Waals surface area (Å²) in [5, 5.41) is 0. The van der Waals surface area contributed by atoms with Crippen LogP contribution in [0.1, 0.15) is 21.5 Å². The molecule has 0 saturated heterocycles. The topological polar surface area (TPSA) is 81.1 Å². The number of hydrazine groups is 1.